The molecule has 1 heterocycles. The molecule has 0 aromatic heterocycles. The summed E-state index contributed by atoms with van der Waals surface area (Å²) in [6.45, 7) is 2.54. The Morgan fingerprint density at radius 3 is 2.95 bits per heavy atom. The summed E-state index contributed by atoms with van der Waals surface area (Å²) < 4.78 is 10.7. The lowest BCUT2D eigenvalue weighted by molar-refractivity contribution is 0.0676. The van der Waals surface area contributed by atoms with Crippen LogP contribution in [0.15, 0.2) is 18.2 Å². The summed E-state index contributed by atoms with van der Waals surface area (Å²) in [6.07, 6.45) is 5.69. The molecule has 1 N–H and O–H groups in total. The average molecular weight is 262 g/mol. The number of fused-ring (bicyclic) bond motifs is 1. The summed E-state index contributed by atoms with van der Waals surface area (Å²) in [7, 11) is 0. The second kappa shape index (κ2) is 5.41. The minimum absolute atomic E-state index is 0.288. The first-order valence-electron chi connectivity index (χ1n) is 7.35. The van der Waals surface area contributed by atoms with E-state index in [0.29, 0.717) is 5.92 Å². The van der Waals surface area contributed by atoms with Gasteiger partial charge in [-0.2, -0.15) is 0 Å². The van der Waals surface area contributed by atoms with Crippen molar-refractivity contribution in [3.63, 3.8) is 0 Å². The third-order valence-electron chi connectivity index (χ3n) is 4.59. The zero-order chi connectivity index (χ0) is 13.2. The summed E-state index contributed by atoms with van der Waals surface area (Å²) in [4.78, 5) is 0. The first kappa shape index (κ1) is 12.8. The molecule has 1 aromatic rings. The fraction of sp³-hybridized carbons (Fsp3) is 0.625. The van der Waals surface area contributed by atoms with Crippen LogP contribution in [0.1, 0.15) is 50.7 Å². The van der Waals surface area contributed by atoms with Gasteiger partial charge in [-0.25, -0.2) is 0 Å². The first-order chi connectivity index (χ1) is 9.28. The van der Waals surface area contributed by atoms with Gasteiger partial charge in [0.15, 0.2) is 11.5 Å². The molecule has 2 aliphatic rings. The van der Waals surface area contributed by atoms with Crippen LogP contribution in [-0.4, -0.2) is 11.9 Å². The second-order valence-electron chi connectivity index (χ2n) is 5.76. The molecule has 0 bridgehead atoms. The van der Waals surface area contributed by atoms with E-state index >= 15 is 0 Å². The van der Waals surface area contributed by atoms with Gasteiger partial charge in [0.1, 0.15) is 0 Å². The number of benzene rings is 1. The highest BCUT2D eigenvalue weighted by Crippen LogP contribution is 2.41. The molecule has 3 heteroatoms. The topological polar surface area (TPSA) is 38.7 Å². The van der Waals surface area contributed by atoms with Gasteiger partial charge in [0.2, 0.25) is 6.79 Å². The maximum Gasteiger partial charge on any atom is 0.231 e. The Morgan fingerprint density at radius 2 is 2.11 bits per heavy atom. The summed E-state index contributed by atoms with van der Waals surface area (Å²) in [5.74, 6) is 2.71. The molecule has 1 aliphatic heterocycles. The largest absolute Gasteiger partial charge is 0.454 e. The van der Waals surface area contributed by atoms with E-state index in [1.54, 1.807) is 0 Å². The van der Waals surface area contributed by atoms with Crippen LogP contribution in [0.25, 0.3) is 0 Å². The van der Waals surface area contributed by atoms with Gasteiger partial charge in [-0.05, 0) is 42.4 Å². The molecule has 19 heavy (non-hydrogen) atoms. The number of hydrogen-bond acceptors (Lipinski definition) is 3. The fourth-order valence-corrected chi connectivity index (χ4v) is 3.36. The monoisotopic (exact) mass is 262 g/mol. The first-order valence-corrected chi connectivity index (χ1v) is 7.35. The van der Waals surface area contributed by atoms with E-state index in [2.05, 4.69) is 6.92 Å². The molecule has 3 nitrogen and oxygen atoms in total. The summed E-state index contributed by atoms with van der Waals surface area (Å²) in [5.41, 5.74) is 0.964. The van der Waals surface area contributed by atoms with Gasteiger partial charge >= 0.3 is 0 Å². The van der Waals surface area contributed by atoms with E-state index in [0.717, 1.165) is 35.8 Å². The Bertz CT molecular complexity index is 444. The quantitative estimate of drug-likeness (QED) is 0.903. The number of ether oxygens (including phenoxy) is 2. The Hall–Kier alpha value is -1.22. The molecule has 3 unspecified atom stereocenters. The lowest BCUT2D eigenvalue weighted by Gasteiger charge is -2.32. The molecule has 104 valence electrons. The highest BCUT2D eigenvalue weighted by Gasteiger charge is 2.28. The van der Waals surface area contributed by atoms with Crippen LogP contribution >= 0.6 is 0 Å². The molecular weight excluding hydrogens is 240 g/mol. The van der Waals surface area contributed by atoms with Gasteiger partial charge in [-0.1, -0.05) is 32.3 Å². The predicted octanol–water partition coefficient (Wildman–Crippen LogP) is 3.67. The highest BCUT2D eigenvalue weighted by molar-refractivity contribution is 5.45. The van der Waals surface area contributed by atoms with E-state index in [9.17, 15) is 5.11 Å². The van der Waals surface area contributed by atoms with Crippen molar-refractivity contribution in [3.8, 4) is 11.5 Å². The van der Waals surface area contributed by atoms with Crippen molar-refractivity contribution in [1.82, 2.24) is 0 Å². The number of rotatable bonds is 3. The fourth-order valence-electron chi connectivity index (χ4n) is 3.36. The van der Waals surface area contributed by atoms with E-state index in [-0.39, 0.29) is 12.9 Å². The minimum Gasteiger partial charge on any atom is -0.454 e. The lowest BCUT2D eigenvalue weighted by Crippen LogP contribution is -2.21. The standard InChI is InChI=1S/C16H22O3/c1-2-11-4-3-5-12(8-11)16(17)13-6-7-14-15(9-13)19-10-18-14/h6-7,9,11-12,16-17H,2-5,8,10H2,1H3. The number of aliphatic hydroxyl groups is 1. The van der Waals surface area contributed by atoms with Crippen LogP contribution < -0.4 is 9.47 Å². The number of hydrogen-bond donors (Lipinski definition) is 1. The van der Waals surface area contributed by atoms with Gasteiger partial charge < -0.3 is 14.6 Å². The van der Waals surface area contributed by atoms with Crippen molar-refractivity contribution >= 4 is 0 Å². The smallest absolute Gasteiger partial charge is 0.231 e. The summed E-state index contributed by atoms with van der Waals surface area (Å²) >= 11 is 0. The molecule has 0 saturated heterocycles. The summed E-state index contributed by atoms with van der Waals surface area (Å²) in [6, 6.07) is 5.80. The van der Waals surface area contributed by atoms with Crippen molar-refractivity contribution in [2.24, 2.45) is 11.8 Å². The zero-order valence-corrected chi connectivity index (χ0v) is 11.5. The SMILES string of the molecule is CCC1CCCC(C(O)c2ccc3c(c2)OCO3)C1. The summed E-state index contributed by atoms with van der Waals surface area (Å²) in [5, 5.41) is 10.6. The molecule has 1 saturated carbocycles. The average Bonchev–Trinajstić information content (AvgIpc) is 2.94. The van der Waals surface area contributed by atoms with E-state index in [1.165, 1.54) is 19.3 Å². The van der Waals surface area contributed by atoms with Gasteiger partial charge in [-0.15, -0.1) is 0 Å². The third-order valence-corrected chi connectivity index (χ3v) is 4.59. The minimum atomic E-state index is -0.371. The van der Waals surface area contributed by atoms with Gasteiger partial charge in [0, 0.05) is 0 Å². The van der Waals surface area contributed by atoms with Crippen LogP contribution in [0.5, 0.6) is 11.5 Å². The molecule has 3 atom stereocenters. The second-order valence-corrected chi connectivity index (χ2v) is 5.76. The normalized spacial score (nSPS) is 27.3. The molecule has 0 spiro atoms. The van der Waals surface area contributed by atoms with E-state index in [1.807, 2.05) is 18.2 Å². The highest BCUT2D eigenvalue weighted by atomic mass is 16.7. The van der Waals surface area contributed by atoms with Crippen molar-refractivity contribution in [2.75, 3.05) is 6.79 Å². The number of aliphatic hydroxyl groups excluding tert-OH is 1. The maximum absolute atomic E-state index is 10.6. The maximum atomic E-state index is 10.6. The Kier molecular flexibility index (Phi) is 3.65. The molecule has 1 fully saturated rings. The molecule has 1 aliphatic carbocycles. The Balaban J connectivity index is 1.74. The molecule has 3 rings (SSSR count). The van der Waals surface area contributed by atoms with Crippen LogP contribution in [0.3, 0.4) is 0 Å². The molecule has 0 radical (unpaired) electrons. The third kappa shape index (κ3) is 2.57. The lowest BCUT2D eigenvalue weighted by atomic mass is 9.76. The molecule has 1 aromatic carbocycles. The van der Waals surface area contributed by atoms with Gasteiger partial charge in [0.25, 0.3) is 0 Å². The van der Waals surface area contributed by atoms with Crippen molar-refractivity contribution in [2.45, 2.75) is 45.1 Å². The van der Waals surface area contributed by atoms with Crippen LogP contribution in [0.4, 0.5) is 0 Å². The predicted molar refractivity (Wildman–Crippen MR) is 73.3 cm³/mol. The van der Waals surface area contributed by atoms with Crippen LogP contribution in [0.2, 0.25) is 0 Å². The van der Waals surface area contributed by atoms with E-state index < -0.39 is 0 Å². The Labute approximate surface area is 114 Å². The van der Waals surface area contributed by atoms with Crippen molar-refractivity contribution < 1.29 is 14.6 Å². The van der Waals surface area contributed by atoms with E-state index in [4.69, 9.17) is 9.47 Å². The Morgan fingerprint density at radius 1 is 1.26 bits per heavy atom. The van der Waals surface area contributed by atoms with Gasteiger partial charge in [0.05, 0.1) is 6.10 Å². The zero-order valence-electron chi connectivity index (χ0n) is 11.5. The van der Waals surface area contributed by atoms with Crippen LogP contribution in [0, 0.1) is 11.8 Å². The van der Waals surface area contributed by atoms with Gasteiger partial charge in [-0.3, -0.25) is 0 Å². The van der Waals surface area contributed by atoms with Crippen molar-refractivity contribution in [1.29, 1.82) is 0 Å². The van der Waals surface area contributed by atoms with Crippen LogP contribution in [-0.2, 0) is 0 Å². The molecular formula is C16H22O3. The molecule has 0 amide bonds. The van der Waals surface area contributed by atoms with Crippen molar-refractivity contribution in [3.05, 3.63) is 23.8 Å².